The van der Waals surface area contributed by atoms with Gasteiger partial charge in [0.1, 0.15) is 0 Å². The van der Waals surface area contributed by atoms with Crippen LogP contribution in [0.3, 0.4) is 0 Å². The van der Waals surface area contributed by atoms with E-state index in [0.717, 1.165) is 24.4 Å². The zero-order valence-corrected chi connectivity index (χ0v) is 11.0. The van der Waals surface area contributed by atoms with Gasteiger partial charge in [-0.05, 0) is 36.6 Å². The monoisotopic (exact) mass is 253 g/mol. The number of aliphatic hydroxyl groups excluding tert-OH is 1. The highest BCUT2D eigenvalue weighted by Gasteiger charge is 2.32. The largest absolute Gasteiger partial charge is 0.391 e. The maximum atomic E-state index is 10.2. The van der Waals surface area contributed by atoms with Gasteiger partial charge in [-0.25, -0.2) is 0 Å². The lowest BCUT2D eigenvalue weighted by Crippen LogP contribution is -2.45. The molecule has 3 heteroatoms. The summed E-state index contributed by atoms with van der Waals surface area (Å²) in [5, 5.41) is 14.3. The van der Waals surface area contributed by atoms with Gasteiger partial charge in [-0.3, -0.25) is 0 Å². The van der Waals surface area contributed by atoms with Crippen LogP contribution in [0.15, 0.2) is 24.3 Å². The van der Waals surface area contributed by atoms with Gasteiger partial charge in [-0.2, -0.15) is 0 Å². The SMILES string of the molecule is CCCC1CNCC(O)C1c1ccc(Cl)cc1. The van der Waals surface area contributed by atoms with E-state index in [4.69, 9.17) is 11.6 Å². The van der Waals surface area contributed by atoms with Crippen molar-refractivity contribution in [2.24, 2.45) is 5.92 Å². The van der Waals surface area contributed by atoms with E-state index in [1.165, 1.54) is 5.56 Å². The number of nitrogens with one attached hydrogen (secondary N) is 1. The summed E-state index contributed by atoms with van der Waals surface area (Å²) in [6.07, 6.45) is 2.02. The highest BCUT2D eigenvalue weighted by Crippen LogP contribution is 2.33. The third-order valence-corrected chi connectivity index (χ3v) is 3.85. The Balaban J connectivity index is 2.21. The molecule has 1 saturated heterocycles. The first kappa shape index (κ1) is 12.9. The zero-order chi connectivity index (χ0) is 12.3. The molecule has 0 aromatic heterocycles. The summed E-state index contributed by atoms with van der Waals surface area (Å²) >= 11 is 5.91. The second-order valence-corrected chi connectivity index (χ2v) is 5.29. The molecule has 3 atom stereocenters. The molecule has 1 aliphatic rings. The molecule has 0 spiro atoms. The molecule has 17 heavy (non-hydrogen) atoms. The lowest BCUT2D eigenvalue weighted by Gasteiger charge is -2.36. The molecule has 0 aliphatic carbocycles. The van der Waals surface area contributed by atoms with E-state index in [9.17, 15) is 5.11 Å². The lowest BCUT2D eigenvalue weighted by molar-refractivity contribution is 0.0831. The van der Waals surface area contributed by atoms with E-state index in [1.807, 2.05) is 24.3 Å². The van der Waals surface area contributed by atoms with Crippen LogP contribution >= 0.6 is 11.6 Å². The summed E-state index contributed by atoms with van der Waals surface area (Å²) in [5.74, 6) is 0.762. The fraction of sp³-hybridized carbons (Fsp3) is 0.571. The smallest absolute Gasteiger partial charge is 0.0736 e. The predicted molar refractivity (Wildman–Crippen MR) is 71.5 cm³/mol. The number of piperidine rings is 1. The van der Waals surface area contributed by atoms with Crippen LogP contribution in [0.1, 0.15) is 31.2 Å². The minimum absolute atomic E-state index is 0.244. The first-order chi connectivity index (χ1) is 8.22. The molecule has 3 unspecified atom stereocenters. The number of benzene rings is 1. The highest BCUT2D eigenvalue weighted by molar-refractivity contribution is 6.30. The van der Waals surface area contributed by atoms with Crippen LogP contribution in [0, 0.1) is 5.92 Å². The number of halogens is 1. The number of hydrogen-bond donors (Lipinski definition) is 2. The Morgan fingerprint density at radius 1 is 1.29 bits per heavy atom. The van der Waals surface area contributed by atoms with Crippen molar-refractivity contribution in [3.05, 3.63) is 34.9 Å². The van der Waals surface area contributed by atoms with Crippen molar-refractivity contribution in [3.8, 4) is 0 Å². The molecule has 94 valence electrons. The van der Waals surface area contributed by atoms with Crippen LogP contribution in [-0.2, 0) is 0 Å². The lowest BCUT2D eigenvalue weighted by atomic mass is 9.77. The molecular weight excluding hydrogens is 234 g/mol. The van der Waals surface area contributed by atoms with Crippen LogP contribution in [0.4, 0.5) is 0 Å². The van der Waals surface area contributed by atoms with Crippen molar-refractivity contribution >= 4 is 11.6 Å². The van der Waals surface area contributed by atoms with Gasteiger partial charge < -0.3 is 10.4 Å². The third kappa shape index (κ3) is 3.01. The summed E-state index contributed by atoms with van der Waals surface area (Å²) < 4.78 is 0. The van der Waals surface area contributed by atoms with Crippen molar-refractivity contribution < 1.29 is 5.11 Å². The van der Waals surface area contributed by atoms with Gasteiger partial charge in [0.25, 0.3) is 0 Å². The second kappa shape index (κ2) is 5.85. The Bertz CT molecular complexity index is 350. The quantitative estimate of drug-likeness (QED) is 0.868. The zero-order valence-electron chi connectivity index (χ0n) is 10.2. The molecule has 0 saturated carbocycles. The molecule has 1 fully saturated rings. The van der Waals surface area contributed by atoms with Gasteiger partial charge in [0.05, 0.1) is 6.10 Å². The number of aliphatic hydroxyl groups is 1. The van der Waals surface area contributed by atoms with Crippen molar-refractivity contribution in [2.45, 2.75) is 31.8 Å². The Kier molecular flexibility index (Phi) is 4.43. The van der Waals surface area contributed by atoms with Crippen molar-refractivity contribution in [2.75, 3.05) is 13.1 Å². The maximum Gasteiger partial charge on any atom is 0.0736 e. The molecule has 1 aliphatic heterocycles. The second-order valence-electron chi connectivity index (χ2n) is 4.85. The van der Waals surface area contributed by atoms with Gasteiger partial charge >= 0.3 is 0 Å². The molecule has 1 aromatic rings. The van der Waals surface area contributed by atoms with Crippen LogP contribution in [-0.4, -0.2) is 24.3 Å². The van der Waals surface area contributed by atoms with Gasteiger partial charge in [-0.1, -0.05) is 37.1 Å². The van der Waals surface area contributed by atoms with Crippen LogP contribution in [0.5, 0.6) is 0 Å². The first-order valence-electron chi connectivity index (χ1n) is 6.36. The Morgan fingerprint density at radius 3 is 2.65 bits per heavy atom. The maximum absolute atomic E-state index is 10.2. The summed E-state index contributed by atoms with van der Waals surface area (Å²) in [4.78, 5) is 0. The average Bonchev–Trinajstić information content (AvgIpc) is 2.32. The van der Waals surface area contributed by atoms with Crippen molar-refractivity contribution in [1.82, 2.24) is 5.32 Å². The van der Waals surface area contributed by atoms with Gasteiger partial charge in [0.2, 0.25) is 0 Å². The van der Waals surface area contributed by atoms with E-state index in [1.54, 1.807) is 0 Å². The van der Waals surface area contributed by atoms with Gasteiger partial charge in [0, 0.05) is 17.5 Å². The van der Waals surface area contributed by atoms with Gasteiger partial charge in [0.15, 0.2) is 0 Å². The van der Waals surface area contributed by atoms with E-state index in [2.05, 4.69) is 12.2 Å². The molecule has 2 N–H and O–H groups in total. The topological polar surface area (TPSA) is 32.3 Å². The highest BCUT2D eigenvalue weighted by atomic mass is 35.5. The van der Waals surface area contributed by atoms with E-state index in [0.29, 0.717) is 12.5 Å². The summed E-state index contributed by atoms with van der Waals surface area (Å²) in [6.45, 7) is 3.88. The molecule has 1 heterocycles. The normalized spacial score (nSPS) is 29.2. The van der Waals surface area contributed by atoms with Crippen LogP contribution in [0.2, 0.25) is 5.02 Å². The Labute approximate surface area is 108 Å². The minimum atomic E-state index is -0.290. The molecule has 2 rings (SSSR count). The summed E-state index contributed by atoms with van der Waals surface area (Å²) in [7, 11) is 0. The fourth-order valence-electron chi connectivity index (χ4n) is 2.82. The molecule has 0 radical (unpaired) electrons. The fourth-order valence-corrected chi connectivity index (χ4v) is 2.94. The third-order valence-electron chi connectivity index (χ3n) is 3.60. The van der Waals surface area contributed by atoms with E-state index < -0.39 is 0 Å². The van der Waals surface area contributed by atoms with Crippen molar-refractivity contribution in [1.29, 1.82) is 0 Å². The number of β-amino-alcohol motifs (C(OH)–C–C–N with tert-alkyl or cyclic N) is 1. The van der Waals surface area contributed by atoms with Crippen LogP contribution in [0.25, 0.3) is 0 Å². The molecule has 1 aromatic carbocycles. The molecule has 2 nitrogen and oxygen atoms in total. The van der Waals surface area contributed by atoms with Crippen molar-refractivity contribution in [3.63, 3.8) is 0 Å². The Morgan fingerprint density at radius 2 is 2.00 bits per heavy atom. The average molecular weight is 254 g/mol. The van der Waals surface area contributed by atoms with E-state index in [-0.39, 0.29) is 12.0 Å². The minimum Gasteiger partial charge on any atom is -0.391 e. The standard InChI is InChI=1S/C14H20ClNO/c1-2-3-11-8-16-9-13(17)14(11)10-4-6-12(15)7-5-10/h4-7,11,13-14,16-17H,2-3,8-9H2,1H3. The Hall–Kier alpha value is -0.570. The molecule has 0 bridgehead atoms. The number of hydrogen-bond acceptors (Lipinski definition) is 2. The molecule has 0 amide bonds. The molecular formula is C14H20ClNO. The van der Waals surface area contributed by atoms with Gasteiger partial charge in [-0.15, -0.1) is 0 Å². The van der Waals surface area contributed by atoms with Crippen LogP contribution < -0.4 is 5.32 Å². The predicted octanol–water partition coefficient (Wildman–Crippen LogP) is 2.80. The van der Waals surface area contributed by atoms with E-state index >= 15 is 0 Å². The first-order valence-corrected chi connectivity index (χ1v) is 6.74. The summed E-state index contributed by atoms with van der Waals surface area (Å²) in [5.41, 5.74) is 1.21. The summed E-state index contributed by atoms with van der Waals surface area (Å²) in [6, 6.07) is 7.91. The number of rotatable bonds is 3.